The normalized spacial score (nSPS) is 21.9. The topological polar surface area (TPSA) is 192 Å². The van der Waals surface area contributed by atoms with E-state index < -0.39 is 64.6 Å². The van der Waals surface area contributed by atoms with Gasteiger partial charge in [-0.25, -0.2) is 4.79 Å². The maximum atomic E-state index is 14.7. The fourth-order valence-corrected chi connectivity index (χ4v) is 7.31. The quantitative estimate of drug-likeness (QED) is 0.184. The lowest BCUT2D eigenvalue weighted by Gasteiger charge is -2.35. The number of anilines is 1. The third-order valence-corrected chi connectivity index (χ3v) is 10.4. The van der Waals surface area contributed by atoms with Crippen molar-refractivity contribution in [2.24, 2.45) is 10.6 Å². The van der Waals surface area contributed by atoms with Crippen molar-refractivity contribution < 1.29 is 38.4 Å². The predicted octanol–water partition coefficient (Wildman–Crippen LogP) is 3.96. The molecule has 6 rings (SSSR count). The second kappa shape index (κ2) is 15.8. The molecule has 5 amide bonds. The molecule has 2 fully saturated rings. The maximum absolute atomic E-state index is 14.7. The molecule has 1 saturated carbocycles. The Kier molecular flexibility index (Phi) is 11.3. The zero-order valence-electron chi connectivity index (χ0n) is 31.1. The highest BCUT2D eigenvalue weighted by Crippen LogP contribution is 2.40. The number of nitrogens with zero attached hydrogens (tertiary/aromatic N) is 2. The zero-order chi connectivity index (χ0) is 39.7. The van der Waals surface area contributed by atoms with Gasteiger partial charge in [0.2, 0.25) is 17.6 Å². The van der Waals surface area contributed by atoms with Crippen molar-refractivity contribution in [1.82, 2.24) is 20.9 Å². The van der Waals surface area contributed by atoms with Crippen molar-refractivity contribution in [2.45, 2.75) is 102 Å². The summed E-state index contributed by atoms with van der Waals surface area (Å²) in [6.07, 6.45) is 5.07. The molecular weight excluding hydrogens is 728 g/mol. The molecule has 4 aliphatic rings. The molecule has 14 nitrogen and oxygen atoms in total. The number of carbonyl (C=O) groups is 7. The lowest BCUT2D eigenvalue weighted by Crippen LogP contribution is -2.59. The molecule has 1 saturated heterocycles. The molecule has 290 valence electrons. The summed E-state index contributed by atoms with van der Waals surface area (Å²) >= 11 is 6.25. The largest absolute Gasteiger partial charge is 0.387 e. The predicted molar refractivity (Wildman–Crippen MR) is 203 cm³/mol. The average molecular weight is 773 g/mol. The highest BCUT2D eigenvalue weighted by Gasteiger charge is 2.55. The Labute approximate surface area is 323 Å². The number of likely N-dealkylation sites (tertiary alicyclic amines) is 1. The van der Waals surface area contributed by atoms with Crippen molar-refractivity contribution in [1.29, 1.82) is 0 Å². The van der Waals surface area contributed by atoms with E-state index in [1.165, 1.54) is 17.1 Å². The maximum Gasteiger partial charge on any atom is 0.319 e. The van der Waals surface area contributed by atoms with Crippen molar-refractivity contribution >= 4 is 64.1 Å². The van der Waals surface area contributed by atoms with E-state index in [0.29, 0.717) is 28.4 Å². The van der Waals surface area contributed by atoms with Gasteiger partial charge in [-0.05, 0) is 66.7 Å². The number of amides is 5. The zero-order valence-corrected chi connectivity index (χ0v) is 31.9. The van der Waals surface area contributed by atoms with Gasteiger partial charge in [0.05, 0.1) is 18.3 Å². The Morgan fingerprint density at radius 2 is 1.69 bits per heavy atom. The first-order valence-corrected chi connectivity index (χ1v) is 18.8. The summed E-state index contributed by atoms with van der Waals surface area (Å²) in [5.41, 5.74) is 0.192. The summed E-state index contributed by atoms with van der Waals surface area (Å²) in [4.78, 5) is 99.9. The number of ketones is 3. The molecule has 0 unspecified atom stereocenters. The van der Waals surface area contributed by atoms with Crippen LogP contribution in [0.3, 0.4) is 0 Å². The molecule has 0 bridgehead atoms. The van der Waals surface area contributed by atoms with Gasteiger partial charge in [0, 0.05) is 35.2 Å². The number of allylic oxidation sites excluding steroid dienone is 2. The van der Waals surface area contributed by atoms with Crippen molar-refractivity contribution in [3.05, 3.63) is 76.8 Å². The molecule has 4 atom stereocenters. The van der Waals surface area contributed by atoms with E-state index in [-0.39, 0.29) is 43.4 Å². The monoisotopic (exact) mass is 772 g/mol. The number of oxime groups is 1. The molecule has 1 spiro atoms. The van der Waals surface area contributed by atoms with Crippen molar-refractivity contribution in [3.8, 4) is 0 Å². The molecule has 2 aliphatic heterocycles. The SMILES string of the molecule is CCC[C@H](NC(=O)[C@@H]1C[C@]2(CC(c3cccc(Cl)c3)=NO2)CN1C(=O)[C@@H](NC(=O)Nc1ccc(C2C(=O)C=CC2=O)cc1)C(C)(C)C)C(=O)C(=O)NC1CC1. The number of urea groups is 1. The van der Waals surface area contributed by atoms with Gasteiger partial charge in [-0.15, -0.1) is 0 Å². The van der Waals surface area contributed by atoms with Crippen LogP contribution in [0, 0.1) is 5.41 Å². The van der Waals surface area contributed by atoms with Crippen LogP contribution < -0.4 is 21.3 Å². The van der Waals surface area contributed by atoms with Gasteiger partial charge in [0.1, 0.15) is 18.0 Å². The molecule has 4 N–H and O–H groups in total. The minimum atomic E-state index is -1.15. The van der Waals surface area contributed by atoms with Crippen LogP contribution in [-0.4, -0.2) is 88.0 Å². The minimum absolute atomic E-state index is 0.0242. The molecule has 2 aliphatic carbocycles. The lowest BCUT2D eigenvalue weighted by molar-refractivity contribution is -0.144. The van der Waals surface area contributed by atoms with E-state index in [1.807, 2.05) is 13.0 Å². The van der Waals surface area contributed by atoms with Gasteiger partial charge in [0.25, 0.3) is 5.91 Å². The van der Waals surface area contributed by atoms with E-state index >= 15 is 0 Å². The number of carbonyl (C=O) groups excluding carboxylic acids is 7. The second-order valence-electron chi connectivity index (χ2n) is 15.7. The van der Waals surface area contributed by atoms with Crippen LogP contribution in [-0.2, 0) is 33.6 Å². The lowest BCUT2D eigenvalue weighted by atomic mass is 9.85. The first kappa shape index (κ1) is 39.3. The Balaban J connectivity index is 1.22. The number of hydrogen-bond donors (Lipinski definition) is 4. The van der Waals surface area contributed by atoms with Crippen LogP contribution in [0.4, 0.5) is 10.5 Å². The summed E-state index contributed by atoms with van der Waals surface area (Å²) in [5, 5.41) is 15.8. The Bertz CT molecular complexity index is 1950. The number of benzene rings is 2. The summed E-state index contributed by atoms with van der Waals surface area (Å²) < 4.78 is 0. The molecule has 0 radical (unpaired) electrons. The van der Waals surface area contributed by atoms with Crippen LogP contribution >= 0.6 is 11.6 Å². The third kappa shape index (κ3) is 8.96. The molecule has 0 aromatic heterocycles. The fourth-order valence-electron chi connectivity index (χ4n) is 7.12. The summed E-state index contributed by atoms with van der Waals surface area (Å²) in [6, 6.07) is 9.21. The van der Waals surface area contributed by atoms with E-state index in [4.69, 9.17) is 16.4 Å². The van der Waals surface area contributed by atoms with E-state index in [0.717, 1.165) is 18.4 Å². The number of hydrogen-bond acceptors (Lipinski definition) is 9. The number of nitrogens with one attached hydrogen (secondary N) is 4. The number of rotatable bonds is 12. The van der Waals surface area contributed by atoms with Gasteiger partial charge < -0.3 is 31.0 Å². The molecule has 2 aromatic carbocycles. The molecular formula is C40H45ClN6O8. The molecule has 15 heteroatoms. The second-order valence-corrected chi connectivity index (χ2v) is 16.2. The van der Waals surface area contributed by atoms with Crippen LogP contribution in [0.2, 0.25) is 5.02 Å². The standard InChI is InChI=1S/C40H45ClN6O8/c1-5-7-27(33(50)36(52)42-25-14-15-25)44-35(51)29-20-40(19-28(46-55-40)23-8-6-9-24(41)18-23)21-47(29)37(53)34(39(2,3)4)45-38(54)43-26-12-10-22(11-13-26)32-30(48)16-17-31(32)49/h6,8-13,16-18,25,27,29,32,34H,5,7,14-15,19-21H2,1-4H3,(H,42,52)(H,44,51)(H2,43,45,54)/t27-,29-,34+,40+/m0/s1. The average Bonchev–Trinajstić information content (AvgIpc) is 3.57. The Morgan fingerprint density at radius 1 is 1.00 bits per heavy atom. The Morgan fingerprint density at radius 3 is 2.31 bits per heavy atom. The first-order valence-electron chi connectivity index (χ1n) is 18.5. The van der Waals surface area contributed by atoms with Crippen LogP contribution in [0.25, 0.3) is 0 Å². The fraction of sp³-hybridized carbons (Fsp3) is 0.450. The van der Waals surface area contributed by atoms with Crippen LogP contribution in [0.1, 0.15) is 83.3 Å². The van der Waals surface area contributed by atoms with Crippen molar-refractivity contribution in [3.63, 3.8) is 0 Å². The highest BCUT2D eigenvalue weighted by molar-refractivity contribution is 6.38. The highest BCUT2D eigenvalue weighted by atomic mass is 35.5. The van der Waals surface area contributed by atoms with Gasteiger partial charge in [-0.1, -0.05) is 75.1 Å². The van der Waals surface area contributed by atoms with Crippen molar-refractivity contribution in [2.75, 3.05) is 11.9 Å². The van der Waals surface area contributed by atoms with Gasteiger partial charge in [-0.2, -0.15) is 0 Å². The van der Waals surface area contributed by atoms with E-state index in [9.17, 15) is 33.6 Å². The van der Waals surface area contributed by atoms with E-state index in [2.05, 4.69) is 26.4 Å². The minimum Gasteiger partial charge on any atom is -0.387 e. The number of halogens is 1. The van der Waals surface area contributed by atoms with Gasteiger partial charge >= 0.3 is 6.03 Å². The van der Waals surface area contributed by atoms with Gasteiger partial charge in [-0.3, -0.25) is 28.8 Å². The summed E-state index contributed by atoms with van der Waals surface area (Å²) in [7, 11) is 0. The van der Waals surface area contributed by atoms with Crippen LogP contribution in [0.5, 0.6) is 0 Å². The van der Waals surface area contributed by atoms with Gasteiger partial charge in [0.15, 0.2) is 17.2 Å². The summed E-state index contributed by atoms with van der Waals surface area (Å²) in [6.45, 7) is 7.10. The summed E-state index contributed by atoms with van der Waals surface area (Å²) in [5.74, 6) is -4.25. The first-order chi connectivity index (χ1) is 26.1. The smallest absolute Gasteiger partial charge is 0.319 e. The molecule has 2 aromatic rings. The molecule has 2 heterocycles. The number of Topliss-reactive ketones (excluding diaryl/α,β-unsaturated/α-hetero) is 1. The molecule has 55 heavy (non-hydrogen) atoms. The van der Waals surface area contributed by atoms with E-state index in [1.54, 1.807) is 63.2 Å². The third-order valence-electron chi connectivity index (χ3n) is 10.2. The van der Waals surface area contributed by atoms with Crippen LogP contribution in [0.15, 0.2) is 65.8 Å². The Hall–Kier alpha value is -5.37.